The van der Waals surface area contributed by atoms with Gasteiger partial charge in [-0.3, -0.25) is 9.59 Å². The minimum Gasteiger partial charge on any atom is -0.349 e. The van der Waals surface area contributed by atoms with E-state index in [1.54, 1.807) is 4.90 Å². The number of carbonyl (C=O) groups excluding carboxylic acids is 2. The standard InChI is InChI=1S/C21H24N2O2/c1-3-16-9-11-19(12-10-16)23-14-18(13-20(23)24)21(25)22-15(2)17-7-5-4-6-8-17/h4-12,15,18H,3,13-14H2,1-2H3,(H,22,25)/t15-,18+/m1/s1. The van der Waals surface area contributed by atoms with E-state index in [0.29, 0.717) is 6.54 Å². The van der Waals surface area contributed by atoms with Crippen LogP contribution in [-0.2, 0) is 16.0 Å². The summed E-state index contributed by atoms with van der Waals surface area (Å²) in [5.74, 6) is -0.348. The molecule has 2 aromatic rings. The van der Waals surface area contributed by atoms with Gasteiger partial charge in [0.25, 0.3) is 0 Å². The fraction of sp³-hybridized carbons (Fsp3) is 0.333. The summed E-state index contributed by atoms with van der Waals surface area (Å²) in [5.41, 5.74) is 3.17. The summed E-state index contributed by atoms with van der Waals surface area (Å²) in [6, 6.07) is 17.8. The van der Waals surface area contributed by atoms with Crippen molar-refractivity contribution in [3.63, 3.8) is 0 Å². The maximum atomic E-state index is 12.6. The lowest BCUT2D eigenvalue weighted by Gasteiger charge is -2.19. The summed E-state index contributed by atoms with van der Waals surface area (Å²) >= 11 is 0. The van der Waals surface area contributed by atoms with Gasteiger partial charge < -0.3 is 10.2 Å². The number of nitrogens with one attached hydrogen (secondary N) is 1. The number of rotatable bonds is 5. The summed E-state index contributed by atoms with van der Waals surface area (Å²) in [6.45, 7) is 4.51. The van der Waals surface area contributed by atoms with Crippen molar-refractivity contribution in [2.75, 3.05) is 11.4 Å². The van der Waals surface area contributed by atoms with Crippen LogP contribution in [0.5, 0.6) is 0 Å². The average molecular weight is 336 g/mol. The van der Waals surface area contributed by atoms with Crippen molar-refractivity contribution in [3.8, 4) is 0 Å². The van der Waals surface area contributed by atoms with Gasteiger partial charge in [-0.2, -0.15) is 0 Å². The minimum atomic E-state index is -0.301. The number of benzene rings is 2. The van der Waals surface area contributed by atoms with E-state index in [2.05, 4.69) is 12.2 Å². The highest BCUT2D eigenvalue weighted by Crippen LogP contribution is 2.26. The number of anilines is 1. The Hall–Kier alpha value is -2.62. The fourth-order valence-corrected chi connectivity index (χ4v) is 3.20. The Morgan fingerprint density at radius 2 is 1.84 bits per heavy atom. The second-order valence-electron chi connectivity index (χ2n) is 6.57. The Morgan fingerprint density at radius 1 is 1.16 bits per heavy atom. The molecular formula is C21H24N2O2. The molecule has 0 radical (unpaired) electrons. The molecular weight excluding hydrogens is 312 g/mol. The Morgan fingerprint density at radius 3 is 2.48 bits per heavy atom. The molecule has 1 aliphatic heterocycles. The van der Waals surface area contributed by atoms with Gasteiger partial charge in [0.15, 0.2) is 0 Å². The van der Waals surface area contributed by atoms with Gasteiger partial charge in [-0.1, -0.05) is 49.4 Å². The first kappa shape index (κ1) is 17.2. The summed E-state index contributed by atoms with van der Waals surface area (Å²) in [4.78, 5) is 26.6. The first-order chi connectivity index (χ1) is 12.1. The molecule has 0 aliphatic carbocycles. The lowest BCUT2D eigenvalue weighted by Crippen LogP contribution is -2.34. The van der Waals surface area contributed by atoms with Crippen LogP contribution in [0.3, 0.4) is 0 Å². The van der Waals surface area contributed by atoms with Gasteiger partial charge in [-0.05, 0) is 36.6 Å². The predicted octanol–water partition coefficient (Wildman–Crippen LogP) is 3.48. The molecule has 1 N–H and O–H groups in total. The van der Waals surface area contributed by atoms with E-state index in [4.69, 9.17) is 0 Å². The third-order valence-corrected chi connectivity index (χ3v) is 4.81. The smallest absolute Gasteiger partial charge is 0.227 e. The van der Waals surface area contributed by atoms with Crippen LogP contribution in [0.1, 0.15) is 37.4 Å². The second kappa shape index (κ2) is 7.51. The molecule has 1 aliphatic rings. The topological polar surface area (TPSA) is 49.4 Å². The number of hydrogen-bond donors (Lipinski definition) is 1. The molecule has 1 fully saturated rings. The van der Waals surface area contributed by atoms with Crippen molar-refractivity contribution >= 4 is 17.5 Å². The van der Waals surface area contributed by atoms with Crippen LogP contribution >= 0.6 is 0 Å². The van der Waals surface area contributed by atoms with E-state index in [9.17, 15) is 9.59 Å². The molecule has 4 nitrogen and oxygen atoms in total. The van der Waals surface area contributed by atoms with Gasteiger partial charge in [-0.25, -0.2) is 0 Å². The molecule has 0 saturated carbocycles. The van der Waals surface area contributed by atoms with Gasteiger partial charge >= 0.3 is 0 Å². The van der Waals surface area contributed by atoms with Crippen molar-refractivity contribution in [3.05, 3.63) is 65.7 Å². The van der Waals surface area contributed by atoms with Crippen LogP contribution in [0.2, 0.25) is 0 Å². The Kier molecular flexibility index (Phi) is 5.17. The molecule has 4 heteroatoms. The molecule has 2 amide bonds. The zero-order chi connectivity index (χ0) is 17.8. The molecule has 0 spiro atoms. The lowest BCUT2D eigenvalue weighted by molar-refractivity contribution is -0.126. The molecule has 25 heavy (non-hydrogen) atoms. The van der Waals surface area contributed by atoms with E-state index >= 15 is 0 Å². The number of hydrogen-bond acceptors (Lipinski definition) is 2. The number of nitrogens with zero attached hydrogens (tertiary/aromatic N) is 1. The third kappa shape index (κ3) is 3.90. The van der Waals surface area contributed by atoms with Gasteiger partial charge in [0.2, 0.25) is 11.8 Å². The average Bonchev–Trinajstić information content (AvgIpc) is 3.04. The van der Waals surface area contributed by atoms with Crippen LogP contribution in [0, 0.1) is 5.92 Å². The maximum absolute atomic E-state index is 12.6. The third-order valence-electron chi connectivity index (χ3n) is 4.81. The van der Waals surface area contributed by atoms with E-state index in [1.807, 2.05) is 61.5 Å². The zero-order valence-corrected chi connectivity index (χ0v) is 14.7. The molecule has 0 bridgehead atoms. The van der Waals surface area contributed by atoms with Gasteiger partial charge in [-0.15, -0.1) is 0 Å². The summed E-state index contributed by atoms with van der Waals surface area (Å²) < 4.78 is 0. The van der Waals surface area contributed by atoms with E-state index in [1.165, 1.54) is 5.56 Å². The van der Waals surface area contributed by atoms with Crippen molar-refractivity contribution < 1.29 is 9.59 Å². The first-order valence-corrected chi connectivity index (χ1v) is 8.83. The van der Waals surface area contributed by atoms with Crippen LogP contribution in [0.25, 0.3) is 0 Å². The van der Waals surface area contributed by atoms with E-state index in [0.717, 1.165) is 17.7 Å². The monoisotopic (exact) mass is 336 g/mol. The zero-order valence-electron chi connectivity index (χ0n) is 14.7. The maximum Gasteiger partial charge on any atom is 0.227 e. The SMILES string of the molecule is CCc1ccc(N2C[C@@H](C(=O)N[C@H](C)c3ccccc3)CC2=O)cc1. The fourth-order valence-electron chi connectivity index (χ4n) is 3.20. The van der Waals surface area contributed by atoms with Crippen LogP contribution in [0.15, 0.2) is 54.6 Å². The molecule has 1 heterocycles. The van der Waals surface area contributed by atoms with Gasteiger partial charge in [0, 0.05) is 18.7 Å². The van der Waals surface area contributed by atoms with Crippen molar-refractivity contribution in [1.82, 2.24) is 5.32 Å². The van der Waals surface area contributed by atoms with Crippen molar-refractivity contribution in [2.24, 2.45) is 5.92 Å². The molecule has 1 saturated heterocycles. The Labute approximate surface area is 148 Å². The van der Waals surface area contributed by atoms with E-state index < -0.39 is 0 Å². The number of amides is 2. The first-order valence-electron chi connectivity index (χ1n) is 8.83. The molecule has 2 atom stereocenters. The molecule has 2 aromatic carbocycles. The summed E-state index contributed by atoms with van der Waals surface area (Å²) in [7, 11) is 0. The number of aryl methyl sites for hydroxylation is 1. The number of carbonyl (C=O) groups is 2. The highest BCUT2D eigenvalue weighted by atomic mass is 16.2. The summed E-state index contributed by atoms with van der Waals surface area (Å²) in [6.07, 6.45) is 1.24. The van der Waals surface area contributed by atoms with Gasteiger partial charge in [0.1, 0.15) is 0 Å². The van der Waals surface area contributed by atoms with Crippen LogP contribution in [-0.4, -0.2) is 18.4 Å². The van der Waals surface area contributed by atoms with Crippen molar-refractivity contribution in [1.29, 1.82) is 0 Å². The minimum absolute atomic E-state index is 0.0109. The van der Waals surface area contributed by atoms with Crippen LogP contribution in [0.4, 0.5) is 5.69 Å². The molecule has 3 rings (SSSR count). The summed E-state index contributed by atoms with van der Waals surface area (Å²) in [5, 5.41) is 3.03. The second-order valence-corrected chi connectivity index (χ2v) is 6.57. The largest absolute Gasteiger partial charge is 0.349 e. The highest BCUT2D eigenvalue weighted by Gasteiger charge is 2.35. The van der Waals surface area contributed by atoms with Crippen molar-refractivity contribution in [2.45, 2.75) is 32.7 Å². The lowest BCUT2D eigenvalue weighted by atomic mass is 10.1. The molecule has 130 valence electrons. The van der Waals surface area contributed by atoms with Gasteiger partial charge in [0.05, 0.1) is 12.0 Å². The van der Waals surface area contributed by atoms with Crippen LogP contribution < -0.4 is 10.2 Å². The van der Waals surface area contributed by atoms with E-state index in [-0.39, 0.29) is 30.2 Å². The quantitative estimate of drug-likeness (QED) is 0.909. The highest BCUT2D eigenvalue weighted by molar-refractivity contribution is 6.00. The Balaban J connectivity index is 1.64. The molecule has 0 aromatic heterocycles. The predicted molar refractivity (Wildman–Crippen MR) is 99.3 cm³/mol. The molecule has 0 unspecified atom stereocenters. The Bertz CT molecular complexity index is 740. The normalized spacial score (nSPS) is 18.2.